The first-order valence-electron chi connectivity index (χ1n) is 12.4. The molecule has 2 aromatic heterocycles. The van der Waals surface area contributed by atoms with Crippen LogP contribution in [0.1, 0.15) is 45.1 Å². The molecule has 2 heterocycles. The summed E-state index contributed by atoms with van der Waals surface area (Å²) in [6.07, 6.45) is 5.86. The molecule has 4 aromatic rings. The molecule has 1 aliphatic rings. The van der Waals surface area contributed by atoms with Crippen LogP contribution >= 0.6 is 12.4 Å². The number of halogens is 1. The second kappa shape index (κ2) is 11.6. The first kappa shape index (κ1) is 26.4. The van der Waals surface area contributed by atoms with Crippen molar-refractivity contribution in [3.63, 3.8) is 0 Å². The Morgan fingerprint density at radius 2 is 1.73 bits per heavy atom. The summed E-state index contributed by atoms with van der Waals surface area (Å²) in [5.74, 6) is 2.38. The summed E-state index contributed by atoms with van der Waals surface area (Å²) in [5, 5.41) is 8.44. The molecule has 10 heteroatoms. The van der Waals surface area contributed by atoms with Crippen molar-refractivity contribution >= 4 is 35.2 Å². The van der Waals surface area contributed by atoms with Crippen LogP contribution < -0.4 is 21.5 Å². The van der Waals surface area contributed by atoms with E-state index in [-0.39, 0.29) is 30.4 Å². The van der Waals surface area contributed by atoms with Gasteiger partial charge in [-0.25, -0.2) is 14.6 Å². The van der Waals surface area contributed by atoms with Crippen LogP contribution in [0.15, 0.2) is 60.8 Å². The number of amides is 1. The summed E-state index contributed by atoms with van der Waals surface area (Å²) < 4.78 is 7.85. The summed E-state index contributed by atoms with van der Waals surface area (Å²) in [6.45, 7) is 1.92. The van der Waals surface area contributed by atoms with E-state index in [1.54, 1.807) is 6.20 Å². The van der Waals surface area contributed by atoms with Crippen molar-refractivity contribution in [3.8, 4) is 22.9 Å². The minimum Gasteiger partial charge on any atom is -0.457 e. The molecule has 2 aromatic carbocycles. The molecule has 1 saturated carbocycles. The Labute approximate surface area is 222 Å². The Bertz CT molecular complexity index is 1340. The van der Waals surface area contributed by atoms with Gasteiger partial charge in [0.15, 0.2) is 11.5 Å². The molecule has 1 aliphatic carbocycles. The number of hydrogen-bond donors (Lipinski definition) is 3. The van der Waals surface area contributed by atoms with Crippen molar-refractivity contribution in [2.75, 3.05) is 5.73 Å². The Kier molecular flexibility index (Phi) is 8.25. The molecule has 5 rings (SSSR count). The molecule has 0 unspecified atom stereocenters. The molecule has 5 N–H and O–H groups in total. The lowest BCUT2D eigenvalue weighted by atomic mass is 9.91. The SMILES string of the molecule is CC[C@@H](N)C(=O)NC1CCC(n2ncc3c(N)nc(-c4ccc(Oc5ccccc5)cc4)nc32)CC1.Cl. The highest BCUT2D eigenvalue weighted by Gasteiger charge is 2.27. The first-order valence-corrected chi connectivity index (χ1v) is 12.4. The Balaban J connectivity index is 0.00000320. The van der Waals surface area contributed by atoms with E-state index in [1.165, 1.54) is 0 Å². The molecule has 0 radical (unpaired) electrons. The minimum absolute atomic E-state index is 0. The van der Waals surface area contributed by atoms with Crippen LogP contribution in [0.3, 0.4) is 0 Å². The standard InChI is InChI=1S/C27H31N7O2.ClH/c1-2-23(28)27(35)31-18-10-12-19(13-11-18)34-26-22(16-30-34)24(29)32-25(33-26)17-8-14-21(15-9-17)36-20-6-4-3-5-7-20;/h3-9,14-16,18-19,23H,2,10-13,28H2,1H3,(H,31,35)(H2,29,32,33);1H/t18?,19?,23-;/m1./s1. The third-order valence-electron chi connectivity index (χ3n) is 6.74. The largest absolute Gasteiger partial charge is 0.457 e. The van der Waals surface area contributed by atoms with Gasteiger partial charge >= 0.3 is 0 Å². The number of ether oxygens (including phenoxy) is 1. The van der Waals surface area contributed by atoms with Crippen LogP contribution in [0.25, 0.3) is 22.4 Å². The molecule has 0 bridgehead atoms. The lowest BCUT2D eigenvalue weighted by molar-refractivity contribution is -0.123. The third kappa shape index (κ3) is 5.84. The van der Waals surface area contributed by atoms with Gasteiger partial charge in [-0.15, -0.1) is 12.4 Å². The predicted octanol–water partition coefficient (Wildman–Crippen LogP) is 4.63. The molecule has 1 amide bonds. The summed E-state index contributed by atoms with van der Waals surface area (Å²) in [7, 11) is 0. The van der Waals surface area contributed by atoms with Crippen molar-refractivity contribution in [2.45, 2.75) is 57.2 Å². The summed E-state index contributed by atoms with van der Waals surface area (Å²) in [4.78, 5) is 21.5. The van der Waals surface area contributed by atoms with Crippen LogP contribution in [-0.2, 0) is 4.79 Å². The lowest BCUT2D eigenvalue weighted by Gasteiger charge is -2.30. The topological polar surface area (TPSA) is 134 Å². The number of carbonyl (C=O) groups excluding carboxylic acids is 1. The maximum atomic E-state index is 12.2. The van der Waals surface area contributed by atoms with E-state index >= 15 is 0 Å². The number of hydrogen-bond acceptors (Lipinski definition) is 7. The van der Waals surface area contributed by atoms with Crippen LogP contribution in [0, 0.1) is 0 Å². The van der Waals surface area contributed by atoms with E-state index in [0.717, 1.165) is 53.8 Å². The highest BCUT2D eigenvalue weighted by atomic mass is 35.5. The van der Waals surface area contributed by atoms with Gasteiger partial charge in [0.05, 0.1) is 23.7 Å². The van der Waals surface area contributed by atoms with Crippen molar-refractivity contribution < 1.29 is 9.53 Å². The van der Waals surface area contributed by atoms with Crippen molar-refractivity contribution in [1.82, 2.24) is 25.1 Å². The molecule has 0 saturated heterocycles. The monoisotopic (exact) mass is 521 g/mol. The maximum Gasteiger partial charge on any atom is 0.237 e. The smallest absolute Gasteiger partial charge is 0.237 e. The molecule has 0 aliphatic heterocycles. The first-order chi connectivity index (χ1) is 17.5. The number of nitrogens with zero attached hydrogens (tertiary/aromatic N) is 4. The fraction of sp³-hybridized carbons (Fsp3) is 0.333. The van der Waals surface area contributed by atoms with Crippen LogP contribution in [-0.4, -0.2) is 37.7 Å². The molecule has 1 fully saturated rings. The Morgan fingerprint density at radius 3 is 2.41 bits per heavy atom. The molecular formula is C27H32ClN7O2. The highest BCUT2D eigenvalue weighted by Crippen LogP contribution is 2.32. The van der Waals surface area contributed by atoms with Gasteiger partial charge in [0.25, 0.3) is 0 Å². The number of anilines is 1. The number of para-hydroxylation sites is 1. The van der Waals surface area contributed by atoms with Crippen molar-refractivity contribution in [1.29, 1.82) is 0 Å². The van der Waals surface area contributed by atoms with Gasteiger partial charge in [-0.3, -0.25) is 4.79 Å². The van der Waals surface area contributed by atoms with Crippen LogP contribution in [0.5, 0.6) is 11.5 Å². The van der Waals surface area contributed by atoms with Gasteiger partial charge in [0.1, 0.15) is 17.3 Å². The number of fused-ring (bicyclic) bond motifs is 1. The third-order valence-corrected chi connectivity index (χ3v) is 6.74. The minimum atomic E-state index is -0.449. The zero-order chi connectivity index (χ0) is 25.1. The summed E-state index contributed by atoms with van der Waals surface area (Å²) in [6, 6.07) is 17.1. The highest BCUT2D eigenvalue weighted by molar-refractivity contribution is 5.87. The summed E-state index contributed by atoms with van der Waals surface area (Å²) in [5.41, 5.74) is 13.7. The molecular weight excluding hydrogens is 490 g/mol. The average Bonchev–Trinajstić information content (AvgIpc) is 3.34. The molecule has 194 valence electrons. The Hall–Kier alpha value is -3.69. The predicted molar refractivity (Wildman–Crippen MR) is 147 cm³/mol. The number of nitrogens with two attached hydrogens (primary N) is 2. The van der Waals surface area contributed by atoms with E-state index < -0.39 is 6.04 Å². The van der Waals surface area contributed by atoms with Crippen LogP contribution in [0.2, 0.25) is 0 Å². The molecule has 0 spiro atoms. The maximum absolute atomic E-state index is 12.2. The van der Waals surface area contributed by atoms with Gasteiger partial charge in [0, 0.05) is 11.6 Å². The molecule has 9 nitrogen and oxygen atoms in total. The van der Waals surface area contributed by atoms with Crippen molar-refractivity contribution in [3.05, 3.63) is 60.8 Å². The van der Waals surface area contributed by atoms with E-state index in [1.807, 2.05) is 66.2 Å². The van der Waals surface area contributed by atoms with Crippen LogP contribution in [0.4, 0.5) is 5.82 Å². The number of carbonyl (C=O) groups is 1. The van der Waals surface area contributed by atoms with Gasteiger partial charge in [-0.1, -0.05) is 25.1 Å². The van der Waals surface area contributed by atoms with Gasteiger partial charge < -0.3 is 21.5 Å². The zero-order valence-corrected chi connectivity index (χ0v) is 21.5. The van der Waals surface area contributed by atoms with E-state index in [0.29, 0.717) is 18.1 Å². The van der Waals surface area contributed by atoms with E-state index in [4.69, 9.17) is 21.2 Å². The van der Waals surface area contributed by atoms with E-state index in [9.17, 15) is 4.79 Å². The fourth-order valence-corrected chi connectivity index (χ4v) is 4.60. The zero-order valence-electron chi connectivity index (χ0n) is 20.7. The Morgan fingerprint density at radius 1 is 1.05 bits per heavy atom. The fourth-order valence-electron chi connectivity index (χ4n) is 4.60. The van der Waals surface area contributed by atoms with Crippen molar-refractivity contribution in [2.24, 2.45) is 5.73 Å². The number of rotatable bonds is 7. The average molecular weight is 522 g/mol. The number of nitrogens with one attached hydrogen (secondary N) is 1. The van der Waals surface area contributed by atoms with Gasteiger partial charge in [0.2, 0.25) is 5.91 Å². The number of nitrogen functional groups attached to an aromatic ring is 1. The number of aromatic nitrogens is 4. The second-order valence-electron chi connectivity index (χ2n) is 9.23. The van der Waals surface area contributed by atoms with Gasteiger partial charge in [-0.2, -0.15) is 5.10 Å². The van der Waals surface area contributed by atoms with E-state index in [2.05, 4.69) is 15.4 Å². The summed E-state index contributed by atoms with van der Waals surface area (Å²) >= 11 is 0. The lowest BCUT2D eigenvalue weighted by Crippen LogP contribution is -2.46. The molecule has 1 atom stereocenters. The quantitative estimate of drug-likeness (QED) is 0.323. The second-order valence-corrected chi connectivity index (χ2v) is 9.23. The van der Waals surface area contributed by atoms with Gasteiger partial charge in [-0.05, 0) is 68.5 Å². The normalized spacial score (nSPS) is 18.1. The molecule has 37 heavy (non-hydrogen) atoms. The number of benzene rings is 2.